The number of ether oxygens (including phenoxy) is 1. The summed E-state index contributed by atoms with van der Waals surface area (Å²) in [7, 11) is 0. The Morgan fingerprint density at radius 3 is 2.61 bits per heavy atom. The second-order valence-electron chi connectivity index (χ2n) is 3.94. The van der Waals surface area contributed by atoms with Crippen LogP contribution in [0.5, 0.6) is 0 Å². The number of aliphatic hydroxyl groups is 1. The van der Waals surface area contributed by atoms with Gasteiger partial charge in [0.05, 0.1) is 12.6 Å². The monoisotopic (exact) mass is 252 g/mol. The Morgan fingerprint density at radius 2 is 2.22 bits per heavy atom. The van der Waals surface area contributed by atoms with Gasteiger partial charge in [-0.2, -0.15) is 5.26 Å². The summed E-state index contributed by atoms with van der Waals surface area (Å²) in [6, 6.07) is 0.634. The zero-order chi connectivity index (χ0) is 14.1. The first-order chi connectivity index (χ1) is 8.47. The lowest BCUT2D eigenvalue weighted by Crippen LogP contribution is -2.17. The number of hydrogen-bond acceptors (Lipinski definition) is 5. The van der Waals surface area contributed by atoms with Crippen LogP contribution in [0.15, 0.2) is 16.4 Å². The molecule has 0 unspecified atom stereocenters. The minimum Gasteiger partial charge on any atom is -0.510 e. The van der Waals surface area contributed by atoms with Gasteiger partial charge in [-0.05, 0) is 24.8 Å². The van der Waals surface area contributed by atoms with E-state index < -0.39 is 23.3 Å². The molecule has 0 radical (unpaired) electrons. The lowest BCUT2D eigenvalue weighted by Gasteiger charge is -2.13. The Hall–Kier alpha value is -2.19. The Bertz CT molecular complexity index is 416. The van der Waals surface area contributed by atoms with Crippen molar-refractivity contribution in [2.24, 2.45) is 11.0 Å². The fourth-order valence-electron chi connectivity index (χ4n) is 1.30. The smallest absolute Gasteiger partial charge is 0.352 e. The first-order valence-corrected chi connectivity index (χ1v) is 5.52. The van der Waals surface area contributed by atoms with Crippen LogP contribution in [-0.2, 0) is 9.53 Å². The highest BCUT2D eigenvalue weighted by atomic mass is 16.5. The van der Waals surface area contributed by atoms with Crippen molar-refractivity contribution >= 4 is 5.97 Å². The molecule has 1 atom stereocenters. The van der Waals surface area contributed by atoms with Gasteiger partial charge >= 0.3 is 5.97 Å². The maximum Gasteiger partial charge on any atom is 0.352 e. The first-order valence-electron chi connectivity index (χ1n) is 5.52. The summed E-state index contributed by atoms with van der Waals surface area (Å²) in [6.45, 7) is 5.41. The second-order valence-corrected chi connectivity index (χ2v) is 3.94. The molecule has 0 fully saturated rings. The Labute approximate surface area is 105 Å². The standard InChI is InChI=1S/C11H16N4O3/c1-4-18-11(17)8(6-12)10(16)9(14-15-13)5-7(2)3/h7,9,16H,4-5H2,1-3H3/b10-8-/t9-/m0/s1. The van der Waals surface area contributed by atoms with Crippen LogP contribution in [0.3, 0.4) is 0 Å². The van der Waals surface area contributed by atoms with Crippen molar-refractivity contribution in [1.82, 2.24) is 0 Å². The molecule has 18 heavy (non-hydrogen) atoms. The number of azide groups is 1. The van der Waals surface area contributed by atoms with Gasteiger partial charge in [-0.25, -0.2) is 4.79 Å². The summed E-state index contributed by atoms with van der Waals surface area (Å²) in [5.74, 6) is -1.33. The van der Waals surface area contributed by atoms with Crippen molar-refractivity contribution < 1.29 is 14.6 Å². The van der Waals surface area contributed by atoms with E-state index >= 15 is 0 Å². The van der Waals surface area contributed by atoms with E-state index in [1.165, 1.54) is 0 Å². The molecule has 0 aliphatic rings. The number of carbonyl (C=O) groups excluding carboxylic acids is 1. The summed E-state index contributed by atoms with van der Waals surface area (Å²) in [5, 5.41) is 22.1. The lowest BCUT2D eigenvalue weighted by molar-refractivity contribution is -0.138. The first kappa shape index (κ1) is 15.8. The van der Waals surface area contributed by atoms with Crippen LogP contribution in [0, 0.1) is 17.2 Å². The van der Waals surface area contributed by atoms with Gasteiger partial charge in [-0.1, -0.05) is 19.0 Å². The van der Waals surface area contributed by atoms with Gasteiger partial charge < -0.3 is 9.84 Å². The minimum absolute atomic E-state index is 0.0909. The maximum atomic E-state index is 11.4. The van der Waals surface area contributed by atoms with Gasteiger partial charge in [0, 0.05) is 4.91 Å². The van der Waals surface area contributed by atoms with E-state index in [-0.39, 0.29) is 12.5 Å². The Morgan fingerprint density at radius 1 is 1.61 bits per heavy atom. The molecule has 0 aromatic carbocycles. The number of nitriles is 1. The predicted molar refractivity (Wildman–Crippen MR) is 64.3 cm³/mol. The van der Waals surface area contributed by atoms with E-state index in [0.29, 0.717) is 6.42 Å². The Kier molecular flexibility index (Phi) is 7.01. The molecule has 0 bridgehead atoms. The summed E-state index contributed by atoms with van der Waals surface area (Å²) in [6.07, 6.45) is 0.334. The molecule has 0 saturated heterocycles. The van der Waals surface area contributed by atoms with E-state index in [1.54, 1.807) is 13.0 Å². The number of carbonyl (C=O) groups is 1. The van der Waals surface area contributed by atoms with Crippen LogP contribution in [0.4, 0.5) is 0 Å². The average Bonchev–Trinajstić information content (AvgIpc) is 2.29. The van der Waals surface area contributed by atoms with Gasteiger partial charge in [0.2, 0.25) is 0 Å². The van der Waals surface area contributed by atoms with E-state index in [4.69, 9.17) is 10.8 Å². The highest BCUT2D eigenvalue weighted by Crippen LogP contribution is 2.18. The largest absolute Gasteiger partial charge is 0.510 e. The summed E-state index contributed by atoms with van der Waals surface area (Å²) >= 11 is 0. The van der Waals surface area contributed by atoms with Crippen molar-refractivity contribution in [2.75, 3.05) is 6.61 Å². The fraction of sp³-hybridized carbons (Fsp3) is 0.636. The molecule has 0 aliphatic carbocycles. The third kappa shape index (κ3) is 4.76. The summed E-state index contributed by atoms with van der Waals surface area (Å²) in [5.41, 5.74) is 7.90. The van der Waals surface area contributed by atoms with Crippen molar-refractivity contribution in [3.05, 3.63) is 21.8 Å². The molecule has 0 heterocycles. The number of hydrogen-bond donors (Lipinski definition) is 1. The summed E-state index contributed by atoms with van der Waals surface area (Å²) < 4.78 is 4.64. The SMILES string of the molecule is CCOC(=O)/C(C#N)=C(\O)[C@H](CC(C)C)N=[N+]=[N-]. The van der Waals surface area contributed by atoms with Gasteiger partial charge in [-0.15, -0.1) is 0 Å². The lowest BCUT2D eigenvalue weighted by atomic mass is 10.0. The van der Waals surface area contributed by atoms with E-state index in [0.717, 1.165) is 0 Å². The van der Waals surface area contributed by atoms with Crippen LogP contribution in [-0.4, -0.2) is 23.7 Å². The Balaban J connectivity index is 5.33. The van der Waals surface area contributed by atoms with Crippen molar-refractivity contribution in [2.45, 2.75) is 33.2 Å². The maximum absolute atomic E-state index is 11.4. The molecule has 1 N–H and O–H groups in total. The van der Waals surface area contributed by atoms with Crippen molar-refractivity contribution in [3.8, 4) is 6.07 Å². The molecule has 0 amide bonds. The van der Waals surface area contributed by atoms with Gasteiger partial charge in [-0.3, -0.25) is 0 Å². The normalized spacial score (nSPS) is 13.1. The quantitative estimate of drug-likeness (QED) is 0.148. The van der Waals surface area contributed by atoms with Gasteiger partial charge in [0.1, 0.15) is 11.8 Å². The summed E-state index contributed by atoms with van der Waals surface area (Å²) in [4.78, 5) is 14.0. The highest BCUT2D eigenvalue weighted by molar-refractivity contribution is 5.93. The average molecular weight is 252 g/mol. The molecule has 0 spiro atoms. The van der Waals surface area contributed by atoms with Crippen molar-refractivity contribution in [1.29, 1.82) is 5.26 Å². The number of nitrogens with zero attached hydrogens (tertiary/aromatic N) is 4. The number of rotatable bonds is 6. The molecule has 7 heteroatoms. The predicted octanol–water partition coefficient (Wildman–Crippen LogP) is 2.61. The second kappa shape index (κ2) is 7.98. The van der Waals surface area contributed by atoms with E-state index in [1.807, 2.05) is 13.8 Å². The molecule has 0 aromatic heterocycles. The minimum atomic E-state index is -0.936. The molecule has 7 nitrogen and oxygen atoms in total. The molecule has 98 valence electrons. The zero-order valence-electron chi connectivity index (χ0n) is 10.6. The topological polar surface area (TPSA) is 119 Å². The number of esters is 1. The van der Waals surface area contributed by atoms with Crippen LogP contribution in [0.1, 0.15) is 27.2 Å². The van der Waals surface area contributed by atoms with E-state index in [2.05, 4.69) is 14.8 Å². The van der Waals surface area contributed by atoms with Crippen LogP contribution in [0.25, 0.3) is 10.4 Å². The fourth-order valence-corrected chi connectivity index (χ4v) is 1.30. The highest BCUT2D eigenvalue weighted by Gasteiger charge is 2.23. The molecule has 0 rings (SSSR count). The van der Waals surface area contributed by atoms with Gasteiger partial charge in [0.25, 0.3) is 0 Å². The van der Waals surface area contributed by atoms with Crippen LogP contribution >= 0.6 is 0 Å². The molecular weight excluding hydrogens is 236 g/mol. The van der Waals surface area contributed by atoms with Gasteiger partial charge in [0.15, 0.2) is 5.57 Å². The third-order valence-electron chi connectivity index (χ3n) is 2.05. The molecule has 0 saturated carbocycles. The van der Waals surface area contributed by atoms with Crippen molar-refractivity contribution in [3.63, 3.8) is 0 Å². The zero-order valence-corrected chi connectivity index (χ0v) is 10.6. The molecular formula is C11H16N4O3. The van der Waals surface area contributed by atoms with E-state index in [9.17, 15) is 9.90 Å². The molecule has 0 aliphatic heterocycles. The van der Waals surface area contributed by atoms with Crippen LogP contribution in [0.2, 0.25) is 0 Å². The third-order valence-corrected chi connectivity index (χ3v) is 2.05. The molecule has 0 aromatic rings. The van der Waals surface area contributed by atoms with Crippen LogP contribution < -0.4 is 0 Å². The number of aliphatic hydroxyl groups excluding tert-OH is 1.